The van der Waals surface area contributed by atoms with Crippen molar-refractivity contribution in [3.63, 3.8) is 0 Å². The average molecular weight is 458 g/mol. The Balaban J connectivity index is 1.59. The van der Waals surface area contributed by atoms with Crippen LogP contribution in [-0.4, -0.2) is 28.5 Å². The predicted molar refractivity (Wildman–Crippen MR) is 132 cm³/mol. The standard InChI is InChI=1S/C28H31N3O3/c29-18-20-9-11-21(12-10-20)27(32)31-26(15-19-5-2-1-3-6-19)25-17-23(13-14-30-25)22-7-4-8-24(16-22)28(33)34/h1-8,13-14,16-17,20-21,26H,9-12,15,18,29H2,(H,31,32)(H,33,34). The number of benzene rings is 2. The maximum absolute atomic E-state index is 13.2. The largest absolute Gasteiger partial charge is 0.478 e. The molecule has 1 amide bonds. The number of hydrogen-bond acceptors (Lipinski definition) is 4. The van der Waals surface area contributed by atoms with Gasteiger partial charge < -0.3 is 16.2 Å². The highest BCUT2D eigenvalue weighted by Crippen LogP contribution is 2.30. The molecule has 0 spiro atoms. The number of hydrogen-bond donors (Lipinski definition) is 3. The molecule has 4 rings (SSSR count). The molecule has 4 N–H and O–H groups in total. The number of nitrogens with zero attached hydrogens (tertiary/aromatic N) is 1. The maximum atomic E-state index is 13.2. The number of amides is 1. The van der Waals surface area contributed by atoms with Crippen molar-refractivity contribution < 1.29 is 14.7 Å². The van der Waals surface area contributed by atoms with Gasteiger partial charge in [-0.3, -0.25) is 9.78 Å². The number of carbonyl (C=O) groups excluding carboxylic acids is 1. The topological polar surface area (TPSA) is 105 Å². The summed E-state index contributed by atoms with van der Waals surface area (Å²) in [5, 5.41) is 12.6. The van der Waals surface area contributed by atoms with Crippen molar-refractivity contribution in [3.05, 3.63) is 89.7 Å². The fourth-order valence-electron chi connectivity index (χ4n) is 4.68. The highest BCUT2D eigenvalue weighted by Gasteiger charge is 2.28. The van der Waals surface area contributed by atoms with E-state index < -0.39 is 5.97 Å². The number of nitrogens with two attached hydrogens (primary N) is 1. The van der Waals surface area contributed by atoms with E-state index in [0.717, 1.165) is 48.1 Å². The van der Waals surface area contributed by atoms with Crippen LogP contribution in [0.1, 0.15) is 53.3 Å². The average Bonchev–Trinajstić information content (AvgIpc) is 2.89. The summed E-state index contributed by atoms with van der Waals surface area (Å²) in [4.78, 5) is 29.2. The van der Waals surface area contributed by atoms with Crippen LogP contribution in [0.25, 0.3) is 11.1 Å². The fraction of sp³-hybridized carbons (Fsp3) is 0.321. The van der Waals surface area contributed by atoms with Crippen LogP contribution in [0.2, 0.25) is 0 Å². The second-order valence-electron chi connectivity index (χ2n) is 9.06. The first-order valence-electron chi connectivity index (χ1n) is 11.9. The predicted octanol–water partition coefficient (Wildman–Crippen LogP) is 4.61. The van der Waals surface area contributed by atoms with E-state index in [-0.39, 0.29) is 23.4 Å². The zero-order valence-corrected chi connectivity index (χ0v) is 19.2. The fourth-order valence-corrected chi connectivity index (χ4v) is 4.68. The van der Waals surface area contributed by atoms with Gasteiger partial charge in [0.1, 0.15) is 0 Å². The maximum Gasteiger partial charge on any atom is 0.335 e. The number of aromatic carboxylic acids is 1. The molecule has 1 heterocycles. The van der Waals surface area contributed by atoms with Gasteiger partial charge in [-0.25, -0.2) is 4.79 Å². The molecule has 1 fully saturated rings. The Labute approximate surface area is 200 Å². The van der Waals surface area contributed by atoms with E-state index in [4.69, 9.17) is 5.73 Å². The smallest absolute Gasteiger partial charge is 0.335 e. The Morgan fingerprint density at radius 2 is 1.71 bits per heavy atom. The molecule has 3 aromatic rings. The summed E-state index contributed by atoms with van der Waals surface area (Å²) in [6.45, 7) is 0.685. The van der Waals surface area contributed by atoms with E-state index in [1.807, 2.05) is 48.5 Å². The van der Waals surface area contributed by atoms with Gasteiger partial charge in [-0.05, 0) is 85.5 Å². The summed E-state index contributed by atoms with van der Waals surface area (Å²) >= 11 is 0. The summed E-state index contributed by atoms with van der Waals surface area (Å²) in [6, 6.07) is 20.4. The molecule has 0 radical (unpaired) electrons. The van der Waals surface area contributed by atoms with E-state index >= 15 is 0 Å². The van der Waals surface area contributed by atoms with Gasteiger partial charge in [0.15, 0.2) is 0 Å². The number of carbonyl (C=O) groups is 2. The lowest BCUT2D eigenvalue weighted by Gasteiger charge is -2.28. The second-order valence-corrected chi connectivity index (χ2v) is 9.06. The first kappa shape index (κ1) is 23.6. The Morgan fingerprint density at radius 3 is 2.41 bits per heavy atom. The molecule has 0 bridgehead atoms. The van der Waals surface area contributed by atoms with E-state index in [1.54, 1.807) is 24.4 Å². The normalized spacial score (nSPS) is 18.7. The Kier molecular flexibility index (Phi) is 7.70. The molecule has 1 atom stereocenters. The van der Waals surface area contributed by atoms with Gasteiger partial charge in [-0.1, -0.05) is 42.5 Å². The van der Waals surface area contributed by atoms with Gasteiger partial charge in [0.25, 0.3) is 0 Å². The minimum Gasteiger partial charge on any atom is -0.478 e. The van der Waals surface area contributed by atoms with Crippen LogP contribution in [0.3, 0.4) is 0 Å². The van der Waals surface area contributed by atoms with Crippen LogP contribution >= 0.6 is 0 Å². The van der Waals surface area contributed by atoms with Crippen LogP contribution in [0.15, 0.2) is 72.9 Å². The van der Waals surface area contributed by atoms with E-state index in [2.05, 4.69) is 10.3 Å². The second kappa shape index (κ2) is 11.1. The third-order valence-corrected chi connectivity index (χ3v) is 6.73. The molecule has 1 saturated carbocycles. The van der Waals surface area contributed by atoms with Gasteiger partial charge in [-0.2, -0.15) is 0 Å². The van der Waals surface area contributed by atoms with Crippen molar-refractivity contribution in [1.29, 1.82) is 0 Å². The van der Waals surface area contributed by atoms with E-state index in [0.29, 0.717) is 18.9 Å². The van der Waals surface area contributed by atoms with Gasteiger partial charge in [-0.15, -0.1) is 0 Å². The van der Waals surface area contributed by atoms with Gasteiger partial charge in [0, 0.05) is 12.1 Å². The summed E-state index contributed by atoms with van der Waals surface area (Å²) in [6.07, 6.45) is 6.05. The molecule has 6 nitrogen and oxygen atoms in total. The lowest BCUT2D eigenvalue weighted by molar-refractivity contribution is -0.127. The molecule has 176 valence electrons. The van der Waals surface area contributed by atoms with Gasteiger partial charge >= 0.3 is 5.97 Å². The summed E-state index contributed by atoms with van der Waals surface area (Å²) in [5.74, 6) is -0.383. The first-order valence-corrected chi connectivity index (χ1v) is 11.9. The molecule has 1 unspecified atom stereocenters. The Morgan fingerprint density at radius 1 is 0.971 bits per heavy atom. The van der Waals surface area contributed by atoms with Crippen molar-refractivity contribution in [2.75, 3.05) is 6.54 Å². The molecule has 1 aliphatic carbocycles. The molecule has 1 aromatic heterocycles. The van der Waals surface area contributed by atoms with Crippen LogP contribution in [-0.2, 0) is 11.2 Å². The number of pyridine rings is 1. The quantitative estimate of drug-likeness (QED) is 0.458. The van der Waals surface area contributed by atoms with Crippen molar-refractivity contribution in [2.24, 2.45) is 17.6 Å². The third kappa shape index (κ3) is 5.88. The van der Waals surface area contributed by atoms with Crippen LogP contribution in [0.5, 0.6) is 0 Å². The molecule has 1 aliphatic rings. The van der Waals surface area contributed by atoms with Crippen molar-refractivity contribution in [2.45, 2.75) is 38.1 Å². The molecule has 0 aliphatic heterocycles. The number of carboxylic acid groups (broad SMARTS) is 1. The lowest BCUT2D eigenvalue weighted by atomic mass is 9.81. The number of carboxylic acids is 1. The van der Waals surface area contributed by atoms with E-state index in [9.17, 15) is 14.7 Å². The van der Waals surface area contributed by atoms with Crippen molar-refractivity contribution in [3.8, 4) is 11.1 Å². The van der Waals surface area contributed by atoms with Crippen LogP contribution in [0.4, 0.5) is 0 Å². The minimum absolute atomic E-state index is 0.00324. The SMILES string of the molecule is NCC1CCC(C(=O)NC(Cc2ccccc2)c2cc(-c3cccc(C(=O)O)c3)ccn2)CC1. The Hall–Kier alpha value is -3.51. The molecule has 0 saturated heterocycles. The van der Waals surface area contributed by atoms with Crippen LogP contribution in [0, 0.1) is 11.8 Å². The summed E-state index contributed by atoms with van der Waals surface area (Å²) in [5.41, 5.74) is 9.58. The third-order valence-electron chi connectivity index (χ3n) is 6.73. The molecular weight excluding hydrogens is 426 g/mol. The zero-order chi connectivity index (χ0) is 23.9. The lowest BCUT2D eigenvalue weighted by Crippen LogP contribution is -2.37. The molecule has 6 heteroatoms. The first-order chi connectivity index (χ1) is 16.5. The highest BCUT2D eigenvalue weighted by molar-refractivity contribution is 5.89. The van der Waals surface area contributed by atoms with Crippen LogP contribution < -0.4 is 11.1 Å². The number of aromatic nitrogens is 1. The monoisotopic (exact) mass is 457 g/mol. The summed E-state index contributed by atoms with van der Waals surface area (Å²) in [7, 11) is 0. The summed E-state index contributed by atoms with van der Waals surface area (Å²) < 4.78 is 0. The van der Waals surface area contributed by atoms with Gasteiger partial charge in [0.2, 0.25) is 5.91 Å². The van der Waals surface area contributed by atoms with Crippen molar-refractivity contribution >= 4 is 11.9 Å². The minimum atomic E-state index is -0.963. The zero-order valence-electron chi connectivity index (χ0n) is 19.2. The van der Waals surface area contributed by atoms with E-state index in [1.165, 1.54) is 0 Å². The molecule has 34 heavy (non-hydrogen) atoms. The molecule has 2 aromatic carbocycles. The Bertz CT molecular complexity index is 1120. The van der Waals surface area contributed by atoms with Crippen molar-refractivity contribution in [1.82, 2.24) is 10.3 Å². The number of nitrogens with one attached hydrogen (secondary N) is 1. The highest BCUT2D eigenvalue weighted by atomic mass is 16.4. The number of rotatable bonds is 8. The van der Waals surface area contributed by atoms with Gasteiger partial charge in [0.05, 0.1) is 17.3 Å². The molecular formula is C28H31N3O3.